The second-order valence-corrected chi connectivity index (χ2v) is 7.80. The number of piperidine rings is 1. The average molecular weight is 311 g/mol. The molecule has 21 heavy (non-hydrogen) atoms. The molecule has 0 radical (unpaired) electrons. The first-order chi connectivity index (χ1) is 9.73. The summed E-state index contributed by atoms with van der Waals surface area (Å²) in [5, 5.41) is 9.04. The van der Waals surface area contributed by atoms with Gasteiger partial charge in [-0.25, -0.2) is 13.2 Å². The van der Waals surface area contributed by atoms with Gasteiger partial charge in [0, 0.05) is 13.1 Å². The number of aryl methyl sites for hydroxylation is 1. The molecule has 116 valence electrons. The summed E-state index contributed by atoms with van der Waals surface area (Å²) in [4.78, 5) is 11.2. The predicted molar refractivity (Wildman–Crippen MR) is 79.8 cm³/mol. The molecule has 0 saturated carbocycles. The number of carboxylic acids is 1. The molecule has 2 atom stereocenters. The van der Waals surface area contributed by atoms with E-state index in [1.807, 2.05) is 6.92 Å². The summed E-state index contributed by atoms with van der Waals surface area (Å²) in [7, 11) is -3.64. The van der Waals surface area contributed by atoms with Gasteiger partial charge in [-0.15, -0.1) is 0 Å². The third kappa shape index (κ3) is 3.11. The molecule has 1 N–H and O–H groups in total. The lowest BCUT2D eigenvalue weighted by Gasteiger charge is -2.34. The van der Waals surface area contributed by atoms with Crippen molar-refractivity contribution >= 4 is 16.0 Å². The van der Waals surface area contributed by atoms with E-state index < -0.39 is 16.0 Å². The van der Waals surface area contributed by atoms with Crippen molar-refractivity contribution in [2.24, 2.45) is 11.8 Å². The summed E-state index contributed by atoms with van der Waals surface area (Å²) >= 11 is 0. The van der Waals surface area contributed by atoms with Gasteiger partial charge < -0.3 is 5.11 Å². The average Bonchev–Trinajstić information content (AvgIpc) is 2.41. The highest BCUT2D eigenvalue weighted by molar-refractivity contribution is 7.89. The largest absolute Gasteiger partial charge is 0.478 e. The van der Waals surface area contributed by atoms with Crippen LogP contribution >= 0.6 is 0 Å². The van der Waals surface area contributed by atoms with Gasteiger partial charge in [-0.2, -0.15) is 4.31 Å². The molecule has 1 saturated heterocycles. The van der Waals surface area contributed by atoms with Crippen molar-refractivity contribution in [2.75, 3.05) is 13.1 Å². The van der Waals surface area contributed by atoms with E-state index >= 15 is 0 Å². The molecule has 6 heteroatoms. The highest BCUT2D eigenvalue weighted by atomic mass is 32.2. The van der Waals surface area contributed by atoms with Crippen LogP contribution in [0.15, 0.2) is 23.1 Å². The number of sulfonamides is 1. The fraction of sp³-hybridized carbons (Fsp3) is 0.533. The third-order valence-corrected chi connectivity index (χ3v) is 6.36. The van der Waals surface area contributed by atoms with E-state index in [1.54, 1.807) is 13.0 Å². The molecular weight excluding hydrogens is 290 g/mol. The SMILES string of the molecule is Cc1ccc(C(=O)O)cc1S(=O)(=O)N1CCC(C)C(C)C1. The zero-order valence-corrected chi connectivity index (χ0v) is 13.4. The number of nitrogens with zero attached hydrogens (tertiary/aromatic N) is 1. The monoisotopic (exact) mass is 311 g/mol. The van der Waals surface area contributed by atoms with Crippen molar-refractivity contribution in [3.05, 3.63) is 29.3 Å². The minimum Gasteiger partial charge on any atom is -0.478 e. The molecule has 1 fully saturated rings. The molecule has 1 aliphatic rings. The van der Waals surface area contributed by atoms with Gasteiger partial charge in [-0.1, -0.05) is 19.9 Å². The number of carbonyl (C=O) groups is 1. The summed E-state index contributed by atoms with van der Waals surface area (Å²) in [6, 6.07) is 4.24. The molecule has 0 spiro atoms. The van der Waals surface area contributed by atoms with Crippen LogP contribution in [0.5, 0.6) is 0 Å². The van der Waals surface area contributed by atoms with E-state index in [-0.39, 0.29) is 10.5 Å². The number of carboxylic acid groups (broad SMARTS) is 1. The molecule has 0 aliphatic carbocycles. The number of rotatable bonds is 3. The predicted octanol–water partition coefficient (Wildman–Crippen LogP) is 2.36. The number of benzene rings is 1. The van der Waals surface area contributed by atoms with Gasteiger partial charge >= 0.3 is 5.97 Å². The first-order valence-electron chi connectivity index (χ1n) is 7.07. The molecule has 2 rings (SSSR count). The fourth-order valence-corrected chi connectivity index (χ4v) is 4.40. The van der Waals surface area contributed by atoms with Gasteiger partial charge in [0.25, 0.3) is 0 Å². The molecular formula is C15H21NO4S. The van der Waals surface area contributed by atoms with Crippen LogP contribution in [0.3, 0.4) is 0 Å². The molecule has 1 heterocycles. The van der Waals surface area contributed by atoms with Crippen molar-refractivity contribution in [1.29, 1.82) is 0 Å². The Bertz CT molecular complexity index is 654. The van der Waals surface area contributed by atoms with Crippen molar-refractivity contribution in [3.63, 3.8) is 0 Å². The lowest BCUT2D eigenvalue weighted by molar-refractivity contribution is 0.0696. The zero-order chi connectivity index (χ0) is 15.8. The van der Waals surface area contributed by atoms with Crippen LogP contribution in [-0.4, -0.2) is 36.9 Å². The van der Waals surface area contributed by atoms with E-state index in [4.69, 9.17) is 5.11 Å². The topological polar surface area (TPSA) is 74.7 Å². The Morgan fingerprint density at radius 2 is 1.95 bits per heavy atom. The summed E-state index contributed by atoms with van der Waals surface area (Å²) < 4.78 is 27.0. The van der Waals surface area contributed by atoms with E-state index in [1.165, 1.54) is 16.4 Å². The maximum absolute atomic E-state index is 12.8. The molecule has 0 amide bonds. The van der Waals surface area contributed by atoms with Crippen molar-refractivity contribution in [3.8, 4) is 0 Å². The Morgan fingerprint density at radius 1 is 1.29 bits per heavy atom. The summed E-state index contributed by atoms with van der Waals surface area (Å²) in [6.07, 6.45) is 0.831. The van der Waals surface area contributed by atoms with Crippen molar-refractivity contribution in [2.45, 2.75) is 32.1 Å². The number of hydrogen-bond acceptors (Lipinski definition) is 3. The van der Waals surface area contributed by atoms with Gasteiger partial charge in [-0.3, -0.25) is 0 Å². The van der Waals surface area contributed by atoms with Crippen LogP contribution in [0.4, 0.5) is 0 Å². The van der Waals surface area contributed by atoms with Gasteiger partial charge in [0.15, 0.2) is 0 Å². The number of aromatic carboxylic acids is 1. The molecule has 1 aliphatic heterocycles. The summed E-state index contributed by atoms with van der Waals surface area (Å²) in [6.45, 7) is 6.84. The van der Waals surface area contributed by atoms with Gasteiger partial charge in [0.05, 0.1) is 10.5 Å². The summed E-state index contributed by atoms with van der Waals surface area (Å²) in [5.41, 5.74) is 0.573. The lowest BCUT2D eigenvalue weighted by atomic mass is 9.90. The Balaban J connectivity index is 2.40. The van der Waals surface area contributed by atoms with Gasteiger partial charge in [0.1, 0.15) is 0 Å². The number of hydrogen-bond donors (Lipinski definition) is 1. The van der Waals surface area contributed by atoms with E-state index in [2.05, 4.69) is 6.92 Å². The highest BCUT2D eigenvalue weighted by Gasteiger charge is 2.32. The standard InChI is InChI=1S/C15H21NO4S/c1-10-6-7-16(9-12(10)3)21(19,20)14-8-13(15(17)18)5-4-11(14)2/h4-5,8,10,12H,6-7,9H2,1-3H3,(H,17,18). The Morgan fingerprint density at radius 3 is 2.52 bits per heavy atom. The smallest absolute Gasteiger partial charge is 0.335 e. The Kier molecular flexibility index (Phi) is 4.39. The normalized spacial score (nSPS) is 24.0. The zero-order valence-electron chi connectivity index (χ0n) is 12.5. The van der Waals surface area contributed by atoms with Crippen LogP contribution in [0, 0.1) is 18.8 Å². The Hall–Kier alpha value is -1.40. The minimum absolute atomic E-state index is 0.00222. The first-order valence-corrected chi connectivity index (χ1v) is 8.51. The van der Waals surface area contributed by atoms with Crippen LogP contribution in [-0.2, 0) is 10.0 Å². The van der Waals surface area contributed by atoms with Crippen LogP contribution in [0.25, 0.3) is 0 Å². The molecule has 1 aromatic rings. The molecule has 2 unspecified atom stereocenters. The van der Waals surface area contributed by atoms with E-state index in [0.29, 0.717) is 30.5 Å². The second-order valence-electron chi connectivity index (χ2n) is 5.89. The van der Waals surface area contributed by atoms with E-state index in [9.17, 15) is 13.2 Å². The molecule has 0 bridgehead atoms. The van der Waals surface area contributed by atoms with Crippen LogP contribution in [0.2, 0.25) is 0 Å². The lowest BCUT2D eigenvalue weighted by Crippen LogP contribution is -2.42. The van der Waals surface area contributed by atoms with Crippen molar-refractivity contribution < 1.29 is 18.3 Å². The maximum atomic E-state index is 12.8. The molecule has 1 aromatic carbocycles. The van der Waals surface area contributed by atoms with Crippen LogP contribution < -0.4 is 0 Å². The Labute approximate surface area is 125 Å². The maximum Gasteiger partial charge on any atom is 0.335 e. The highest BCUT2D eigenvalue weighted by Crippen LogP contribution is 2.29. The minimum atomic E-state index is -3.64. The summed E-state index contributed by atoms with van der Waals surface area (Å²) in [5.74, 6) is -0.313. The fourth-order valence-electron chi connectivity index (χ4n) is 2.59. The second kappa shape index (κ2) is 5.77. The van der Waals surface area contributed by atoms with Crippen molar-refractivity contribution in [1.82, 2.24) is 4.31 Å². The first kappa shape index (κ1) is 16.0. The quantitative estimate of drug-likeness (QED) is 0.930. The van der Waals surface area contributed by atoms with Gasteiger partial charge in [0.2, 0.25) is 10.0 Å². The third-order valence-electron chi connectivity index (χ3n) is 4.35. The van der Waals surface area contributed by atoms with Gasteiger partial charge in [-0.05, 0) is 42.9 Å². The molecule has 5 nitrogen and oxygen atoms in total. The van der Waals surface area contributed by atoms with Crippen LogP contribution in [0.1, 0.15) is 36.2 Å². The van der Waals surface area contributed by atoms with E-state index in [0.717, 1.165) is 6.42 Å². The molecule has 0 aromatic heterocycles.